The number of primary amides is 1. The van der Waals surface area contributed by atoms with Crippen LogP contribution in [0.1, 0.15) is 67.7 Å². The van der Waals surface area contributed by atoms with Crippen LogP contribution in [-0.4, -0.2) is 29.6 Å². The number of amides is 3. The summed E-state index contributed by atoms with van der Waals surface area (Å²) in [5.74, 6) is -2.02. The van der Waals surface area contributed by atoms with Crippen molar-refractivity contribution in [3.8, 4) is 11.1 Å². The highest BCUT2D eigenvalue weighted by Gasteiger charge is 2.39. The molecule has 3 atom stereocenters. The largest absolute Gasteiger partial charge is 0.369 e. The van der Waals surface area contributed by atoms with E-state index in [9.17, 15) is 14.4 Å². The van der Waals surface area contributed by atoms with Gasteiger partial charge in [-0.05, 0) is 54.5 Å². The van der Waals surface area contributed by atoms with Crippen LogP contribution < -0.4 is 16.0 Å². The third-order valence-corrected chi connectivity index (χ3v) is 9.79. The lowest BCUT2D eigenvalue weighted by molar-refractivity contribution is -0.136. The number of nitrogens with two attached hydrogens (primary N) is 1. The SMILES string of the molecule is CCC[C@H](C(N)=O)[C@@H](CC1CCC1)C(=O)NC1N=C(c2ccccc2)c2ccccc2N(Cc2cccc(-c3ccc(C)cc3)c2)C1=O. The Hall–Kier alpha value is -5.04. The van der Waals surface area contributed by atoms with Crippen molar-refractivity contribution in [2.24, 2.45) is 28.5 Å². The fraction of sp³-hybridized carbons (Fsp3) is 0.317. The van der Waals surface area contributed by atoms with Gasteiger partial charge in [-0.3, -0.25) is 14.4 Å². The molecule has 0 aromatic heterocycles. The number of fused-ring (bicyclic) bond motifs is 1. The van der Waals surface area contributed by atoms with E-state index in [4.69, 9.17) is 10.7 Å². The minimum atomic E-state index is -1.19. The quantitative estimate of drug-likeness (QED) is 0.171. The van der Waals surface area contributed by atoms with E-state index >= 15 is 0 Å². The summed E-state index contributed by atoms with van der Waals surface area (Å²) < 4.78 is 0. The molecule has 1 saturated carbocycles. The molecule has 7 heteroatoms. The summed E-state index contributed by atoms with van der Waals surface area (Å²) in [5, 5.41) is 3.02. The van der Waals surface area contributed by atoms with Gasteiger partial charge in [0.15, 0.2) is 0 Å². The van der Waals surface area contributed by atoms with Gasteiger partial charge in [0.1, 0.15) is 0 Å². The standard InChI is InChI=1S/C41H44N4O3/c1-3-11-33(38(42)46)35(25-28-12-9-13-28)40(47)44-39-41(48)45(26-29-14-10-17-32(24-29)30-22-20-27(2)21-23-30)36-19-8-7-18-34(36)37(43-39)31-15-5-4-6-16-31/h4-8,10,14-24,28,33,35,39H,3,9,11-13,25-26H2,1-2H3,(H2,42,46)(H,44,47)/t33-,35+,39?/m0/s1. The Labute approximate surface area is 283 Å². The van der Waals surface area contributed by atoms with Gasteiger partial charge < -0.3 is 16.0 Å². The van der Waals surface area contributed by atoms with Crippen molar-refractivity contribution in [2.45, 2.75) is 65.1 Å². The average Bonchev–Trinajstić information content (AvgIpc) is 3.18. The molecule has 0 radical (unpaired) electrons. The lowest BCUT2D eigenvalue weighted by atomic mass is 9.74. The molecule has 1 aliphatic heterocycles. The van der Waals surface area contributed by atoms with Crippen LogP contribution in [-0.2, 0) is 20.9 Å². The molecule has 2 aliphatic rings. The number of hydrogen-bond donors (Lipinski definition) is 2. The normalized spacial score (nSPS) is 17.4. The molecule has 1 fully saturated rings. The average molecular weight is 641 g/mol. The molecule has 0 bridgehead atoms. The van der Waals surface area contributed by atoms with Crippen molar-refractivity contribution in [1.29, 1.82) is 0 Å². The number of aryl methyl sites for hydroxylation is 1. The number of aliphatic imine (C=N–C) groups is 1. The van der Waals surface area contributed by atoms with Crippen LogP contribution in [0.4, 0.5) is 5.69 Å². The lowest BCUT2D eigenvalue weighted by Gasteiger charge is -2.33. The Bertz CT molecular complexity index is 1800. The second-order valence-electron chi connectivity index (χ2n) is 13.2. The molecule has 6 rings (SSSR count). The molecule has 7 nitrogen and oxygen atoms in total. The number of nitrogens with one attached hydrogen (secondary N) is 1. The molecule has 4 aromatic rings. The molecule has 4 aromatic carbocycles. The Morgan fingerprint density at radius 3 is 2.27 bits per heavy atom. The molecule has 0 spiro atoms. The van der Waals surface area contributed by atoms with Gasteiger partial charge in [0.05, 0.1) is 17.9 Å². The van der Waals surface area contributed by atoms with Crippen LogP contribution in [0.25, 0.3) is 11.1 Å². The van der Waals surface area contributed by atoms with Crippen LogP contribution in [0.15, 0.2) is 108 Å². The number of rotatable bonds is 12. The third-order valence-electron chi connectivity index (χ3n) is 9.79. The topological polar surface area (TPSA) is 105 Å². The molecular weight excluding hydrogens is 596 g/mol. The molecular formula is C41H44N4O3. The first-order valence-electron chi connectivity index (χ1n) is 17.1. The zero-order valence-corrected chi connectivity index (χ0v) is 27.8. The smallest absolute Gasteiger partial charge is 0.272 e. The van der Waals surface area contributed by atoms with Crippen molar-refractivity contribution in [2.75, 3.05) is 4.90 Å². The number of nitrogens with zero attached hydrogens (tertiary/aromatic N) is 2. The lowest BCUT2D eigenvalue weighted by Crippen LogP contribution is -2.51. The van der Waals surface area contributed by atoms with Gasteiger partial charge in [0.2, 0.25) is 18.0 Å². The van der Waals surface area contributed by atoms with Crippen LogP contribution >= 0.6 is 0 Å². The maximum Gasteiger partial charge on any atom is 0.272 e. The van der Waals surface area contributed by atoms with Gasteiger partial charge in [-0.1, -0.05) is 129 Å². The van der Waals surface area contributed by atoms with E-state index in [-0.39, 0.29) is 18.4 Å². The van der Waals surface area contributed by atoms with Gasteiger partial charge in [0, 0.05) is 23.0 Å². The van der Waals surface area contributed by atoms with E-state index in [1.807, 2.05) is 73.7 Å². The summed E-state index contributed by atoms with van der Waals surface area (Å²) in [6.07, 6.45) is 3.82. The summed E-state index contributed by atoms with van der Waals surface area (Å²) in [5.41, 5.74) is 13.2. The summed E-state index contributed by atoms with van der Waals surface area (Å²) in [6, 6.07) is 34.1. The first kappa shape index (κ1) is 32.9. The minimum Gasteiger partial charge on any atom is -0.369 e. The third kappa shape index (κ3) is 7.25. The monoisotopic (exact) mass is 640 g/mol. The van der Waals surface area contributed by atoms with Gasteiger partial charge in [0.25, 0.3) is 5.91 Å². The second-order valence-corrected chi connectivity index (χ2v) is 13.2. The number of carbonyl (C=O) groups is 3. The van der Waals surface area contributed by atoms with Crippen LogP contribution in [0.5, 0.6) is 0 Å². The van der Waals surface area contributed by atoms with E-state index in [1.54, 1.807) is 4.90 Å². The number of para-hydroxylation sites is 1. The molecule has 1 aliphatic carbocycles. The number of benzodiazepines with no additional fused rings is 1. The fourth-order valence-corrected chi connectivity index (χ4v) is 6.93. The highest BCUT2D eigenvalue weighted by atomic mass is 16.2. The number of anilines is 1. The van der Waals surface area contributed by atoms with Gasteiger partial charge >= 0.3 is 0 Å². The Kier molecular flexibility index (Phi) is 10.1. The van der Waals surface area contributed by atoms with E-state index in [1.165, 1.54) is 5.56 Å². The maximum atomic E-state index is 14.7. The summed E-state index contributed by atoms with van der Waals surface area (Å²) in [6.45, 7) is 4.34. The molecule has 1 unspecified atom stereocenters. The van der Waals surface area contributed by atoms with Crippen molar-refractivity contribution in [1.82, 2.24) is 5.32 Å². The van der Waals surface area contributed by atoms with Crippen molar-refractivity contribution >= 4 is 29.1 Å². The van der Waals surface area contributed by atoms with E-state index in [0.29, 0.717) is 24.5 Å². The van der Waals surface area contributed by atoms with Gasteiger partial charge in [-0.15, -0.1) is 0 Å². The van der Waals surface area contributed by atoms with E-state index in [2.05, 4.69) is 48.6 Å². The molecule has 246 valence electrons. The second kappa shape index (κ2) is 14.8. The molecule has 3 amide bonds. The summed E-state index contributed by atoms with van der Waals surface area (Å²) in [4.78, 5) is 48.3. The fourth-order valence-electron chi connectivity index (χ4n) is 6.93. The molecule has 3 N–H and O–H groups in total. The van der Waals surface area contributed by atoms with Crippen LogP contribution in [0.2, 0.25) is 0 Å². The maximum absolute atomic E-state index is 14.7. The molecule has 1 heterocycles. The minimum absolute atomic E-state index is 0.282. The Morgan fingerprint density at radius 2 is 1.58 bits per heavy atom. The predicted molar refractivity (Wildman–Crippen MR) is 191 cm³/mol. The molecule has 48 heavy (non-hydrogen) atoms. The number of benzene rings is 4. The number of hydrogen-bond acceptors (Lipinski definition) is 4. The zero-order chi connectivity index (χ0) is 33.6. The Morgan fingerprint density at radius 1 is 0.875 bits per heavy atom. The van der Waals surface area contributed by atoms with Crippen LogP contribution in [0.3, 0.4) is 0 Å². The summed E-state index contributed by atoms with van der Waals surface area (Å²) in [7, 11) is 0. The van der Waals surface area contributed by atoms with Crippen molar-refractivity contribution in [3.63, 3.8) is 0 Å². The summed E-state index contributed by atoms with van der Waals surface area (Å²) >= 11 is 0. The van der Waals surface area contributed by atoms with Crippen molar-refractivity contribution in [3.05, 3.63) is 125 Å². The predicted octanol–water partition coefficient (Wildman–Crippen LogP) is 7.20. The molecule has 0 saturated heterocycles. The van der Waals surface area contributed by atoms with Crippen LogP contribution in [0, 0.1) is 24.7 Å². The number of carbonyl (C=O) groups excluding carboxylic acids is 3. The van der Waals surface area contributed by atoms with Gasteiger partial charge in [-0.25, -0.2) is 4.99 Å². The van der Waals surface area contributed by atoms with E-state index in [0.717, 1.165) is 59.2 Å². The van der Waals surface area contributed by atoms with Gasteiger partial charge in [-0.2, -0.15) is 0 Å². The highest BCUT2D eigenvalue weighted by molar-refractivity contribution is 6.20. The first-order valence-corrected chi connectivity index (χ1v) is 17.1. The first-order chi connectivity index (χ1) is 23.3. The van der Waals surface area contributed by atoms with Crippen molar-refractivity contribution < 1.29 is 14.4 Å². The zero-order valence-electron chi connectivity index (χ0n) is 27.8. The highest BCUT2D eigenvalue weighted by Crippen LogP contribution is 2.36. The van der Waals surface area contributed by atoms with E-state index < -0.39 is 23.9 Å². The Balaban J connectivity index is 1.39.